The molecule has 0 aliphatic heterocycles. The van der Waals surface area contributed by atoms with Gasteiger partial charge in [0.2, 0.25) is 5.91 Å². The molecule has 0 aliphatic carbocycles. The summed E-state index contributed by atoms with van der Waals surface area (Å²) in [5.41, 5.74) is 7.35. The standard InChI is InChI=1S/C12H17ClN2O/c1-7-8(13)5-6-9(10(7)14)15-11(16)12(2,3)4/h5-6H,14H2,1-4H3,(H,15,16). The summed E-state index contributed by atoms with van der Waals surface area (Å²) in [4.78, 5) is 11.8. The van der Waals surface area contributed by atoms with Crippen molar-refractivity contribution in [2.24, 2.45) is 5.41 Å². The van der Waals surface area contributed by atoms with Gasteiger partial charge in [0.15, 0.2) is 0 Å². The van der Waals surface area contributed by atoms with E-state index >= 15 is 0 Å². The zero-order chi connectivity index (χ0) is 12.5. The van der Waals surface area contributed by atoms with Crippen molar-refractivity contribution in [3.8, 4) is 0 Å². The van der Waals surface area contributed by atoms with Crippen molar-refractivity contribution in [3.63, 3.8) is 0 Å². The third-order valence-electron chi connectivity index (χ3n) is 2.38. The summed E-state index contributed by atoms with van der Waals surface area (Å²) in [5.74, 6) is -0.0686. The molecule has 1 aromatic rings. The average Bonchev–Trinajstić information content (AvgIpc) is 2.17. The summed E-state index contributed by atoms with van der Waals surface area (Å²) < 4.78 is 0. The Balaban J connectivity index is 3.00. The van der Waals surface area contributed by atoms with Gasteiger partial charge in [-0.15, -0.1) is 0 Å². The number of benzene rings is 1. The highest BCUT2D eigenvalue weighted by molar-refractivity contribution is 6.32. The molecule has 0 aliphatic rings. The first-order valence-corrected chi connectivity index (χ1v) is 5.47. The molecule has 88 valence electrons. The summed E-state index contributed by atoms with van der Waals surface area (Å²) in [6.45, 7) is 7.37. The molecule has 0 bridgehead atoms. The molecular weight excluding hydrogens is 224 g/mol. The first-order valence-electron chi connectivity index (χ1n) is 5.09. The fourth-order valence-electron chi connectivity index (χ4n) is 1.12. The molecule has 0 fully saturated rings. The van der Waals surface area contributed by atoms with Crippen molar-refractivity contribution in [2.45, 2.75) is 27.7 Å². The predicted octanol–water partition coefficient (Wildman–Crippen LogP) is 3.22. The van der Waals surface area contributed by atoms with Gasteiger partial charge < -0.3 is 11.1 Å². The molecule has 0 unspecified atom stereocenters. The number of anilines is 2. The average molecular weight is 241 g/mol. The number of nitrogens with one attached hydrogen (secondary N) is 1. The van der Waals surface area contributed by atoms with Crippen LogP contribution in [-0.2, 0) is 4.79 Å². The van der Waals surface area contributed by atoms with Crippen LogP contribution in [-0.4, -0.2) is 5.91 Å². The maximum Gasteiger partial charge on any atom is 0.229 e. The smallest absolute Gasteiger partial charge is 0.229 e. The largest absolute Gasteiger partial charge is 0.397 e. The molecule has 3 nitrogen and oxygen atoms in total. The molecule has 0 radical (unpaired) electrons. The van der Waals surface area contributed by atoms with E-state index in [1.807, 2.05) is 27.7 Å². The fraction of sp³-hybridized carbons (Fsp3) is 0.417. The molecule has 1 amide bonds. The first kappa shape index (κ1) is 12.8. The number of carbonyl (C=O) groups is 1. The lowest BCUT2D eigenvalue weighted by Gasteiger charge is -2.19. The Hall–Kier alpha value is -1.22. The number of halogens is 1. The van der Waals surface area contributed by atoms with E-state index in [-0.39, 0.29) is 5.91 Å². The Morgan fingerprint density at radius 2 is 1.94 bits per heavy atom. The summed E-state index contributed by atoms with van der Waals surface area (Å²) in [6, 6.07) is 3.44. The number of hydrogen-bond acceptors (Lipinski definition) is 2. The lowest BCUT2D eigenvalue weighted by molar-refractivity contribution is -0.123. The molecule has 1 rings (SSSR count). The number of nitrogens with two attached hydrogens (primary N) is 1. The van der Waals surface area contributed by atoms with Crippen LogP contribution in [0.2, 0.25) is 5.02 Å². The second-order valence-corrected chi connectivity index (χ2v) is 5.24. The predicted molar refractivity (Wildman–Crippen MR) is 68.7 cm³/mol. The van der Waals surface area contributed by atoms with E-state index in [4.69, 9.17) is 17.3 Å². The summed E-state index contributed by atoms with van der Waals surface area (Å²) in [5, 5.41) is 3.40. The number of amides is 1. The fourth-order valence-corrected chi connectivity index (χ4v) is 1.29. The Morgan fingerprint density at radius 1 is 1.38 bits per heavy atom. The Bertz CT molecular complexity index is 422. The normalized spacial score (nSPS) is 11.3. The van der Waals surface area contributed by atoms with Crippen LogP contribution < -0.4 is 11.1 Å². The van der Waals surface area contributed by atoms with Crippen LogP contribution in [0, 0.1) is 12.3 Å². The van der Waals surface area contributed by atoms with Gasteiger partial charge in [-0.3, -0.25) is 4.79 Å². The Kier molecular flexibility index (Phi) is 3.48. The number of nitrogen functional groups attached to an aromatic ring is 1. The molecular formula is C12H17ClN2O. The van der Waals surface area contributed by atoms with E-state index in [2.05, 4.69) is 5.32 Å². The highest BCUT2D eigenvalue weighted by Crippen LogP contribution is 2.29. The maximum absolute atomic E-state index is 11.8. The van der Waals surface area contributed by atoms with Crippen molar-refractivity contribution in [3.05, 3.63) is 22.7 Å². The van der Waals surface area contributed by atoms with Crippen molar-refractivity contribution in [1.82, 2.24) is 0 Å². The second-order valence-electron chi connectivity index (χ2n) is 4.84. The van der Waals surface area contributed by atoms with Crippen molar-refractivity contribution < 1.29 is 4.79 Å². The minimum absolute atomic E-state index is 0.0686. The lowest BCUT2D eigenvalue weighted by Crippen LogP contribution is -2.28. The minimum Gasteiger partial charge on any atom is -0.397 e. The van der Waals surface area contributed by atoms with Crippen molar-refractivity contribution in [2.75, 3.05) is 11.1 Å². The van der Waals surface area contributed by atoms with E-state index in [1.165, 1.54) is 0 Å². The summed E-state index contributed by atoms with van der Waals surface area (Å²) >= 11 is 5.92. The number of carbonyl (C=O) groups excluding carboxylic acids is 1. The van der Waals surface area contributed by atoms with Gasteiger partial charge in [0, 0.05) is 10.4 Å². The lowest BCUT2D eigenvalue weighted by atomic mass is 9.95. The molecule has 0 heterocycles. The van der Waals surface area contributed by atoms with Crippen LogP contribution in [0.1, 0.15) is 26.3 Å². The molecule has 16 heavy (non-hydrogen) atoms. The molecule has 0 saturated carbocycles. The van der Waals surface area contributed by atoms with Gasteiger partial charge in [-0.2, -0.15) is 0 Å². The van der Waals surface area contributed by atoms with Gasteiger partial charge in [-0.25, -0.2) is 0 Å². The summed E-state index contributed by atoms with van der Waals surface area (Å²) in [6.07, 6.45) is 0. The molecule has 1 aromatic carbocycles. The third-order valence-corrected chi connectivity index (χ3v) is 2.79. The molecule has 0 aromatic heterocycles. The van der Waals surface area contributed by atoms with Crippen LogP contribution in [0.4, 0.5) is 11.4 Å². The Morgan fingerprint density at radius 3 is 2.44 bits per heavy atom. The zero-order valence-corrected chi connectivity index (χ0v) is 10.8. The quantitative estimate of drug-likeness (QED) is 0.741. The number of hydrogen-bond donors (Lipinski definition) is 2. The van der Waals surface area contributed by atoms with E-state index in [9.17, 15) is 4.79 Å². The monoisotopic (exact) mass is 240 g/mol. The van der Waals surface area contributed by atoms with Gasteiger partial charge in [0.1, 0.15) is 0 Å². The molecule has 0 spiro atoms. The van der Waals surface area contributed by atoms with E-state index in [1.54, 1.807) is 12.1 Å². The van der Waals surface area contributed by atoms with Crippen molar-refractivity contribution in [1.29, 1.82) is 0 Å². The minimum atomic E-state index is -0.444. The maximum atomic E-state index is 11.8. The molecule has 4 heteroatoms. The van der Waals surface area contributed by atoms with Crippen LogP contribution in [0.5, 0.6) is 0 Å². The van der Waals surface area contributed by atoms with E-state index < -0.39 is 5.41 Å². The highest BCUT2D eigenvalue weighted by Gasteiger charge is 2.22. The Labute approximate surface area is 101 Å². The number of rotatable bonds is 1. The van der Waals surface area contributed by atoms with Crippen LogP contribution in [0.3, 0.4) is 0 Å². The van der Waals surface area contributed by atoms with Gasteiger partial charge >= 0.3 is 0 Å². The van der Waals surface area contributed by atoms with Gasteiger partial charge in [-0.05, 0) is 24.6 Å². The highest BCUT2D eigenvalue weighted by atomic mass is 35.5. The van der Waals surface area contributed by atoms with Crippen LogP contribution in [0.25, 0.3) is 0 Å². The van der Waals surface area contributed by atoms with E-state index in [0.717, 1.165) is 5.56 Å². The van der Waals surface area contributed by atoms with E-state index in [0.29, 0.717) is 16.4 Å². The molecule has 0 saturated heterocycles. The van der Waals surface area contributed by atoms with Gasteiger partial charge in [0.05, 0.1) is 11.4 Å². The molecule has 3 N–H and O–H groups in total. The van der Waals surface area contributed by atoms with Gasteiger partial charge in [0.25, 0.3) is 0 Å². The topological polar surface area (TPSA) is 55.1 Å². The first-order chi connectivity index (χ1) is 7.23. The third kappa shape index (κ3) is 2.67. The molecule has 0 atom stereocenters. The second kappa shape index (κ2) is 4.34. The summed E-state index contributed by atoms with van der Waals surface area (Å²) in [7, 11) is 0. The van der Waals surface area contributed by atoms with Crippen LogP contribution >= 0.6 is 11.6 Å². The SMILES string of the molecule is Cc1c(Cl)ccc(NC(=O)C(C)(C)C)c1N. The van der Waals surface area contributed by atoms with Crippen LogP contribution in [0.15, 0.2) is 12.1 Å². The van der Waals surface area contributed by atoms with Gasteiger partial charge in [-0.1, -0.05) is 32.4 Å². The van der Waals surface area contributed by atoms with Crippen molar-refractivity contribution >= 4 is 28.9 Å². The zero-order valence-electron chi connectivity index (χ0n) is 10.0.